The molecule has 3 aromatic rings. The Hall–Kier alpha value is -2.79. The van der Waals surface area contributed by atoms with Gasteiger partial charge < -0.3 is 4.57 Å². The second-order valence-electron chi connectivity index (χ2n) is 8.21. The highest BCUT2D eigenvalue weighted by atomic mass is 15.2. The van der Waals surface area contributed by atoms with Crippen LogP contribution in [0.1, 0.15) is 59.6 Å². The summed E-state index contributed by atoms with van der Waals surface area (Å²) in [7, 11) is 0. The molecule has 4 heterocycles. The van der Waals surface area contributed by atoms with Crippen molar-refractivity contribution in [3.8, 4) is 0 Å². The zero-order valence-electron chi connectivity index (χ0n) is 18.0. The van der Waals surface area contributed by atoms with E-state index >= 15 is 0 Å². The number of nitrogens with zero attached hydrogens (tertiary/aromatic N) is 5. The molecule has 3 aromatic heterocycles. The van der Waals surface area contributed by atoms with Gasteiger partial charge in [0.15, 0.2) is 0 Å². The lowest BCUT2D eigenvalue weighted by Crippen LogP contribution is -2.39. The molecule has 0 aliphatic carbocycles. The van der Waals surface area contributed by atoms with Crippen LogP contribution in [-0.2, 0) is 13.0 Å². The number of aromatic nitrogens is 4. The Morgan fingerprint density at radius 2 is 1.63 bits per heavy atom. The van der Waals surface area contributed by atoms with Gasteiger partial charge in [0, 0.05) is 38.1 Å². The predicted molar refractivity (Wildman–Crippen MR) is 120 cm³/mol. The van der Waals surface area contributed by atoms with Crippen molar-refractivity contribution < 1.29 is 0 Å². The van der Waals surface area contributed by atoms with Gasteiger partial charge in [-0.3, -0.25) is 14.9 Å². The highest BCUT2D eigenvalue weighted by molar-refractivity contribution is 5.26. The average Bonchev–Trinajstić information content (AvgIpc) is 3.21. The van der Waals surface area contributed by atoms with E-state index in [1.54, 1.807) is 0 Å². The number of allylic oxidation sites excluding steroid dienone is 1. The summed E-state index contributed by atoms with van der Waals surface area (Å²) in [5.74, 6) is 0. The molecule has 0 saturated carbocycles. The van der Waals surface area contributed by atoms with Crippen LogP contribution in [0.25, 0.3) is 0 Å². The van der Waals surface area contributed by atoms with E-state index in [4.69, 9.17) is 9.97 Å². The topological polar surface area (TPSA) is 46.8 Å². The van der Waals surface area contributed by atoms with Gasteiger partial charge >= 0.3 is 0 Å². The summed E-state index contributed by atoms with van der Waals surface area (Å²) in [4.78, 5) is 16.8. The lowest BCUT2D eigenvalue weighted by Gasteiger charge is -2.42. The minimum absolute atomic E-state index is 0.307. The summed E-state index contributed by atoms with van der Waals surface area (Å²) in [6.07, 6.45) is 14.1. The molecule has 0 bridgehead atoms. The maximum Gasteiger partial charge on any atom is 0.0952 e. The van der Waals surface area contributed by atoms with Gasteiger partial charge in [0.05, 0.1) is 35.5 Å². The van der Waals surface area contributed by atoms with Crippen LogP contribution < -0.4 is 0 Å². The van der Waals surface area contributed by atoms with Gasteiger partial charge in [-0.2, -0.15) is 0 Å². The predicted octanol–water partition coefficient (Wildman–Crippen LogP) is 4.99. The number of piperidine rings is 1. The number of hydrogen-bond donors (Lipinski definition) is 0. The molecule has 1 saturated heterocycles. The molecular formula is C25H31N5. The zero-order chi connectivity index (χ0) is 20.9. The number of hydrogen-bond acceptors (Lipinski definition) is 4. The van der Waals surface area contributed by atoms with E-state index in [1.807, 2.05) is 36.9 Å². The molecule has 0 unspecified atom stereocenters. The summed E-state index contributed by atoms with van der Waals surface area (Å²) in [6.45, 7) is 9.90. The van der Waals surface area contributed by atoms with Gasteiger partial charge in [-0.25, -0.2) is 4.98 Å². The van der Waals surface area contributed by atoms with Crippen molar-refractivity contribution in [2.45, 2.75) is 58.2 Å². The molecule has 5 heteroatoms. The Balaban J connectivity index is 1.64. The van der Waals surface area contributed by atoms with Crippen molar-refractivity contribution in [3.63, 3.8) is 0 Å². The molecule has 4 rings (SSSR count). The quantitative estimate of drug-likeness (QED) is 0.524. The van der Waals surface area contributed by atoms with Gasteiger partial charge in [0.2, 0.25) is 0 Å². The van der Waals surface area contributed by atoms with Crippen LogP contribution in [0.3, 0.4) is 0 Å². The van der Waals surface area contributed by atoms with Gasteiger partial charge in [-0.15, -0.1) is 6.58 Å². The van der Waals surface area contributed by atoms with Crippen molar-refractivity contribution in [2.75, 3.05) is 6.54 Å². The SMILES string of the molecule is C=CCn1cnc(CCN2[C@@H](c3ncccc3C)CCC[C@H]2c2ncccc2C)c1. The van der Waals surface area contributed by atoms with E-state index in [2.05, 4.69) is 53.2 Å². The third kappa shape index (κ3) is 4.36. The van der Waals surface area contributed by atoms with Crippen molar-refractivity contribution in [1.82, 2.24) is 24.4 Å². The van der Waals surface area contributed by atoms with Crippen molar-refractivity contribution in [2.24, 2.45) is 0 Å². The fraction of sp³-hybridized carbons (Fsp3) is 0.400. The number of pyridine rings is 2. The first-order valence-electron chi connectivity index (χ1n) is 10.9. The van der Waals surface area contributed by atoms with E-state index in [9.17, 15) is 0 Å². The fourth-order valence-electron chi connectivity index (χ4n) is 4.67. The summed E-state index contributed by atoms with van der Waals surface area (Å²) in [6, 6.07) is 9.01. The monoisotopic (exact) mass is 401 g/mol. The van der Waals surface area contributed by atoms with Crippen molar-refractivity contribution in [1.29, 1.82) is 0 Å². The fourth-order valence-corrected chi connectivity index (χ4v) is 4.67. The van der Waals surface area contributed by atoms with Gasteiger partial charge in [0.1, 0.15) is 0 Å². The first-order chi connectivity index (χ1) is 14.7. The molecule has 2 atom stereocenters. The maximum atomic E-state index is 4.79. The summed E-state index contributed by atoms with van der Waals surface area (Å²) >= 11 is 0. The lowest BCUT2D eigenvalue weighted by molar-refractivity contribution is 0.0772. The van der Waals surface area contributed by atoms with Gasteiger partial charge in [-0.1, -0.05) is 18.2 Å². The van der Waals surface area contributed by atoms with E-state index in [0.29, 0.717) is 12.1 Å². The summed E-state index contributed by atoms with van der Waals surface area (Å²) in [5.41, 5.74) is 6.05. The third-order valence-corrected chi connectivity index (χ3v) is 6.14. The molecule has 0 amide bonds. The number of likely N-dealkylation sites (tertiary alicyclic amines) is 1. The Morgan fingerprint density at radius 1 is 1.00 bits per heavy atom. The second kappa shape index (κ2) is 9.35. The molecule has 1 fully saturated rings. The van der Waals surface area contributed by atoms with E-state index in [-0.39, 0.29) is 0 Å². The molecule has 1 aliphatic rings. The Labute approximate surface area is 179 Å². The molecule has 0 radical (unpaired) electrons. The van der Waals surface area contributed by atoms with Crippen molar-refractivity contribution >= 4 is 0 Å². The van der Waals surface area contributed by atoms with Crippen LogP contribution >= 0.6 is 0 Å². The minimum atomic E-state index is 0.307. The number of rotatable bonds is 7. The number of imidazole rings is 1. The summed E-state index contributed by atoms with van der Waals surface area (Å²) < 4.78 is 2.08. The normalized spacial score (nSPS) is 19.7. The first kappa shape index (κ1) is 20.5. The molecular weight excluding hydrogens is 370 g/mol. The van der Waals surface area contributed by atoms with Crippen LogP contribution in [-0.4, -0.2) is 31.0 Å². The molecule has 5 nitrogen and oxygen atoms in total. The van der Waals surface area contributed by atoms with Gasteiger partial charge in [-0.05, 0) is 56.4 Å². The van der Waals surface area contributed by atoms with E-state index < -0.39 is 0 Å². The van der Waals surface area contributed by atoms with Crippen molar-refractivity contribution in [3.05, 3.63) is 90.0 Å². The molecule has 156 valence electrons. The summed E-state index contributed by atoms with van der Waals surface area (Å²) in [5, 5.41) is 0. The van der Waals surface area contributed by atoms with Crippen LogP contribution in [0.4, 0.5) is 0 Å². The van der Waals surface area contributed by atoms with E-state index in [0.717, 1.165) is 38.0 Å². The van der Waals surface area contributed by atoms with Crippen LogP contribution in [0, 0.1) is 13.8 Å². The molecule has 0 aromatic carbocycles. The zero-order valence-corrected chi connectivity index (χ0v) is 18.0. The van der Waals surface area contributed by atoms with Gasteiger partial charge in [0.25, 0.3) is 0 Å². The Bertz CT molecular complexity index is 939. The average molecular weight is 402 g/mol. The Morgan fingerprint density at radius 3 is 2.20 bits per heavy atom. The smallest absolute Gasteiger partial charge is 0.0952 e. The molecule has 30 heavy (non-hydrogen) atoms. The maximum absolute atomic E-state index is 4.79. The lowest BCUT2D eigenvalue weighted by atomic mass is 9.88. The molecule has 0 spiro atoms. The van der Waals surface area contributed by atoms with E-state index in [1.165, 1.54) is 28.9 Å². The molecule has 1 aliphatic heterocycles. The minimum Gasteiger partial charge on any atom is -0.333 e. The highest BCUT2D eigenvalue weighted by Crippen LogP contribution is 2.42. The highest BCUT2D eigenvalue weighted by Gasteiger charge is 2.35. The standard InChI is InChI=1S/C25H31N5/c1-4-15-29-17-21(28-18-29)12-16-30-22(24-19(2)8-6-13-26-24)10-5-11-23(30)25-20(3)9-7-14-27-25/h4,6-9,13-14,17-18,22-23H,1,5,10-12,15-16H2,2-3H3/t22-,23+. The van der Waals surface area contributed by atoms with Crippen LogP contribution in [0.2, 0.25) is 0 Å². The molecule has 0 N–H and O–H groups in total. The first-order valence-corrected chi connectivity index (χ1v) is 10.9. The Kier molecular flexibility index (Phi) is 6.38. The van der Waals surface area contributed by atoms with Crippen LogP contribution in [0.5, 0.6) is 0 Å². The second-order valence-corrected chi connectivity index (χ2v) is 8.21. The van der Waals surface area contributed by atoms with Crippen LogP contribution in [0.15, 0.2) is 61.8 Å². The number of aryl methyl sites for hydroxylation is 2. The third-order valence-electron chi connectivity index (χ3n) is 6.14. The largest absolute Gasteiger partial charge is 0.333 e.